The van der Waals surface area contributed by atoms with Gasteiger partial charge in [-0.05, 0) is 36.1 Å². The molecule has 4 bridgehead atoms. The van der Waals surface area contributed by atoms with Crippen molar-refractivity contribution in [3.8, 4) is 5.75 Å². The average Bonchev–Trinajstić information content (AvgIpc) is 3.31. The van der Waals surface area contributed by atoms with Crippen molar-refractivity contribution in [2.75, 3.05) is 26.7 Å². The van der Waals surface area contributed by atoms with E-state index in [1.807, 2.05) is 51.1 Å². The van der Waals surface area contributed by atoms with E-state index in [1.54, 1.807) is 18.2 Å². The number of nitrogens with one attached hydrogen (secondary N) is 2. The van der Waals surface area contributed by atoms with Crippen LogP contribution in [-0.2, 0) is 20.8 Å². The van der Waals surface area contributed by atoms with Crippen LogP contribution in [0.25, 0.3) is 0 Å². The van der Waals surface area contributed by atoms with Gasteiger partial charge in [-0.1, -0.05) is 50.2 Å². The zero-order chi connectivity index (χ0) is 27.4. The summed E-state index contributed by atoms with van der Waals surface area (Å²) >= 11 is 0. The molecule has 1 saturated heterocycles. The van der Waals surface area contributed by atoms with Gasteiger partial charge in [-0.3, -0.25) is 19.2 Å². The lowest BCUT2D eigenvalue weighted by molar-refractivity contribution is -0.143. The van der Waals surface area contributed by atoms with Gasteiger partial charge >= 0.3 is 0 Å². The number of aryl methyl sites for hydroxylation is 1. The summed E-state index contributed by atoms with van der Waals surface area (Å²) in [4.78, 5) is 56.1. The van der Waals surface area contributed by atoms with E-state index in [0.717, 1.165) is 11.1 Å². The molecule has 0 saturated carbocycles. The average molecular weight is 521 g/mol. The maximum absolute atomic E-state index is 13.5. The van der Waals surface area contributed by atoms with Crippen LogP contribution < -0.4 is 15.4 Å². The highest BCUT2D eigenvalue weighted by molar-refractivity contribution is 5.99. The van der Waals surface area contributed by atoms with Crippen molar-refractivity contribution in [3.05, 3.63) is 65.2 Å². The van der Waals surface area contributed by atoms with E-state index in [-0.39, 0.29) is 43.1 Å². The van der Waals surface area contributed by atoms with Gasteiger partial charge in [0.1, 0.15) is 23.9 Å². The molecule has 4 rings (SSSR count). The number of carbonyl (C=O) groups is 4. The van der Waals surface area contributed by atoms with Gasteiger partial charge in [0.25, 0.3) is 5.91 Å². The van der Waals surface area contributed by atoms with Crippen LogP contribution in [0, 0.1) is 12.8 Å². The van der Waals surface area contributed by atoms with Gasteiger partial charge < -0.3 is 25.2 Å². The molecule has 2 aliphatic rings. The first-order chi connectivity index (χ1) is 18.1. The number of fused-ring (bicyclic) bond motifs is 4. The Labute approximate surface area is 223 Å². The van der Waals surface area contributed by atoms with Crippen molar-refractivity contribution in [1.29, 1.82) is 0 Å². The molecular formula is C29H36N4O5. The van der Waals surface area contributed by atoms with Crippen LogP contribution in [-0.4, -0.2) is 78.3 Å². The number of hydrogen-bond acceptors (Lipinski definition) is 5. The summed E-state index contributed by atoms with van der Waals surface area (Å²) in [5, 5.41) is 5.79. The topological polar surface area (TPSA) is 108 Å². The number of benzene rings is 2. The molecule has 0 aromatic heterocycles. The monoisotopic (exact) mass is 520 g/mol. The Bertz CT molecular complexity index is 1200. The van der Waals surface area contributed by atoms with Gasteiger partial charge in [0.2, 0.25) is 17.7 Å². The Morgan fingerprint density at radius 3 is 2.58 bits per heavy atom. The summed E-state index contributed by atoms with van der Waals surface area (Å²) in [5.41, 5.74) is 2.08. The fourth-order valence-corrected chi connectivity index (χ4v) is 4.81. The zero-order valence-electron chi connectivity index (χ0n) is 22.4. The van der Waals surface area contributed by atoms with E-state index in [1.165, 1.54) is 16.8 Å². The summed E-state index contributed by atoms with van der Waals surface area (Å²) < 4.78 is 6.26. The molecule has 202 valence electrons. The fourth-order valence-electron chi connectivity index (χ4n) is 4.81. The Kier molecular flexibility index (Phi) is 8.34. The van der Waals surface area contributed by atoms with Crippen molar-refractivity contribution in [2.24, 2.45) is 5.92 Å². The van der Waals surface area contributed by atoms with Crippen LogP contribution in [0.5, 0.6) is 5.75 Å². The smallest absolute Gasteiger partial charge is 0.252 e. The molecule has 0 radical (unpaired) electrons. The summed E-state index contributed by atoms with van der Waals surface area (Å²) in [7, 11) is 1.54. The highest BCUT2D eigenvalue weighted by Crippen LogP contribution is 2.27. The van der Waals surface area contributed by atoms with Gasteiger partial charge in [-0.25, -0.2) is 0 Å². The SMILES string of the molecule is Cc1ccc2cc1O[C@H]1C[C@H](C(=O)NCC(C)C)N(C1)C(=O)CN(C)C(=O)[C@@H](Cc1ccccc1)NC2=O. The van der Waals surface area contributed by atoms with Crippen LogP contribution in [0.2, 0.25) is 0 Å². The third-order valence-corrected chi connectivity index (χ3v) is 6.95. The Morgan fingerprint density at radius 1 is 1.13 bits per heavy atom. The molecule has 2 aliphatic heterocycles. The second-order valence-corrected chi connectivity index (χ2v) is 10.6. The molecule has 2 aromatic carbocycles. The molecule has 1 fully saturated rings. The molecule has 2 heterocycles. The largest absolute Gasteiger partial charge is 0.488 e. The molecule has 9 nitrogen and oxygen atoms in total. The molecular weight excluding hydrogens is 484 g/mol. The second-order valence-electron chi connectivity index (χ2n) is 10.6. The molecule has 0 spiro atoms. The predicted molar refractivity (Wildman–Crippen MR) is 143 cm³/mol. The van der Waals surface area contributed by atoms with Crippen molar-refractivity contribution in [2.45, 2.75) is 51.8 Å². The van der Waals surface area contributed by atoms with Crippen molar-refractivity contribution >= 4 is 23.6 Å². The first-order valence-corrected chi connectivity index (χ1v) is 13.1. The molecule has 9 heteroatoms. The maximum Gasteiger partial charge on any atom is 0.252 e. The Morgan fingerprint density at radius 2 is 1.87 bits per heavy atom. The van der Waals surface area contributed by atoms with E-state index in [0.29, 0.717) is 24.3 Å². The van der Waals surface area contributed by atoms with E-state index in [2.05, 4.69) is 10.6 Å². The van der Waals surface area contributed by atoms with Gasteiger partial charge in [0, 0.05) is 32.0 Å². The third kappa shape index (κ3) is 6.33. The molecule has 2 N–H and O–H groups in total. The molecule has 0 unspecified atom stereocenters. The molecule has 2 aromatic rings. The van der Waals surface area contributed by atoms with Crippen LogP contribution >= 0.6 is 0 Å². The summed E-state index contributed by atoms with van der Waals surface area (Å²) in [6, 6.07) is 13.0. The summed E-state index contributed by atoms with van der Waals surface area (Å²) in [6.45, 7) is 6.37. The lowest BCUT2D eigenvalue weighted by Crippen LogP contribution is -2.53. The van der Waals surface area contributed by atoms with Crippen LogP contribution in [0.3, 0.4) is 0 Å². The highest BCUT2D eigenvalue weighted by atomic mass is 16.5. The molecule has 38 heavy (non-hydrogen) atoms. The molecule has 0 aliphatic carbocycles. The van der Waals surface area contributed by atoms with Crippen LogP contribution in [0.1, 0.15) is 41.8 Å². The van der Waals surface area contributed by atoms with Crippen LogP contribution in [0.15, 0.2) is 48.5 Å². The lowest BCUT2D eigenvalue weighted by Gasteiger charge is -2.29. The number of hydrogen-bond donors (Lipinski definition) is 2. The molecule has 3 atom stereocenters. The Balaban J connectivity index is 1.67. The summed E-state index contributed by atoms with van der Waals surface area (Å²) in [6.07, 6.45) is 0.158. The van der Waals surface area contributed by atoms with E-state index < -0.39 is 24.1 Å². The number of carbonyl (C=O) groups excluding carboxylic acids is 4. The number of nitrogens with zero attached hydrogens (tertiary/aromatic N) is 2. The minimum absolute atomic E-state index is 0.212. The van der Waals surface area contributed by atoms with Gasteiger partial charge in [-0.2, -0.15) is 0 Å². The number of likely N-dealkylation sites (N-methyl/N-ethyl adjacent to an activating group) is 1. The maximum atomic E-state index is 13.5. The molecule has 4 amide bonds. The highest BCUT2D eigenvalue weighted by Gasteiger charge is 2.41. The minimum atomic E-state index is -0.882. The van der Waals surface area contributed by atoms with E-state index >= 15 is 0 Å². The first-order valence-electron chi connectivity index (χ1n) is 13.1. The van der Waals surface area contributed by atoms with Gasteiger partial charge in [0.05, 0.1) is 13.1 Å². The fraction of sp³-hybridized carbons (Fsp3) is 0.448. The normalized spacial score (nSPS) is 22.1. The van der Waals surface area contributed by atoms with Gasteiger partial charge in [0.15, 0.2) is 0 Å². The van der Waals surface area contributed by atoms with Crippen molar-refractivity contribution in [1.82, 2.24) is 20.4 Å². The third-order valence-electron chi connectivity index (χ3n) is 6.95. The van der Waals surface area contributed by atoms with E-state index in [4.69, 9.17) is 4.74 Å². The van der Waals surface area contributed by atoms with Crippen molar-refractivity contribution in [3.63, 3.8) is 0 Å². The number of amides is 4. The van der Waals surface area contributed by atoms with E-state index in [9.17, 15) is 19.2 Å². The van der Waals surface area contributed by atoms with Crippen LogP contribution in [0.4, 0.5) is 0 Å². The first kappa shape index (κ1) is 27.2. The summed E-state index contributed by atoms with van der Waals surface area (Å²) in [5.74, 6) is -0.588. The van der Waals surface area contributed by atoms with Gasteiger partial charge in [-0.15, -0.1) is 0 Å². The zero-order valence-corrected chi connectivity index (χ0v) is 22.4. The number of ether oxygens (including phenoxy) is 1. The second kappa shape index (κ2) is 11.7. The lowest BCUT2D eigenvalue weighted by atomic mass is 10.0. The van der Waals surface area contributed by atoms with Crippen molar-refractivity contribution < 1.29 is 23.9 Å². The minimum Gasteiger partial charge on any atom is -0.488 e. The number of rotatable bonds is 5. The Hall–Kier alpha value is -3.88. The quantitative estimate of drug-likeness (QED) is 0.627. The standard InChI is InChI=1S/C29H36N4O5/c1-18(2)15-30-28(36)24-14-22-16-33(24)26(34)17-32(4)29(37)23(12-20-8-6-5-7-9-20)31-27(35)21-11-10-19(3)25(13-21)38-22/h5-11,13,18,22-24H,12,14-17H2,1-4H3,(H,30,36)(H,31,35)/t22-,23+,24+/m0/s1. The predicted octanol–water partition coefficient (Wildman–Crippen LogP) is 1.93.